The van der Waals surface area contributed by atoms with E-state index in [9.17, 15) is 4.79 Å². The van der Waals surface area contributed by atoms with Crippen LogP contribution in [0.25, 0.3) is 0 Å². The van der Waals surface area contributed by atoms with Gasteiger partial charge < -0.3 is 5.11 Å². The summed E-state index contributed by atoms with van der Waals surface area (Å²) in [5, 5.41) is 9.15. The maximum Gasteiger partial charge on any atom is 0.338 e. The zero-order valence-corrected chi connectivity index (χ0v) is 11.7. The van der Waals surface area contributed by atoms with E-state index in [1.807, 2.05) is 0 Å². The van der Waals surface area contributed by atoms with Crippen LogP contribution in [-0.2, 0) is 13.0 Å². The van der Waals surface area contributed by atoms with Crippen LogP contribution in [0.1, 0.15) is 34.6 Å². The summed E-state index contributed by atoms with van der Waals surface area (Å²) < 4.78 is 0.760. The standard InChI is InChI=1S/C11H14BrNO2S/c1-6(2)13-4-3-7-8(5-13)16-10(12)9(7)11(14)15/h6H,3-5H2,1-2H3,(H,14,15). The van der Waals surface area contributed by atoms with E-state index in [1.54, 1.807) is 11.3 Å². The van der Waals surface area contributed by atoms with Gasteiger partial charge in [-0.1, -0.05) is 0 Å². The number of halogens is 1. The molecule has 0 fully saturated rings. The normalized spacial score (nSPS) is 16.5. The van der Waals surface area contributed by atoms with Gasteiger partial charge in [-0.3, -0.25) is 4.90 Å². The molecule has 1 aromatic rings. The number of fused-ring (bicyclic) bond motifs is 1. The van der Waals surface area contributed by atoms with Gasteiger partial charge in [0.05, 0.1) is 9.35 Å². The van der Waals surface area contributed by atoms with Crippen molar-refractivity contribution in [3.63, 3.8) is 0 Å². The molecular formula is C11H14BrNO2S. The van der Waals surface area contributed by atoms with Gasteiger partial charge in [0, 0.05) is 24.0 Å². The Bertz CT molecular complexity index is 428. The van der Waals surface area contributed by atoms with Crippen LogP contribution in [0.3, 0.4) is 0 Å². The molecule has 0 atom stereocenters. The molecule has 88 valence electrons. The molecule has 0 saturated heterocycles. The van der Waals surface area contributed by atoms with Gasteiger partial charge in [0.2, 0.25) is 0 Å². The Kier molecular flexibility index (Phi) is 3.37. The van der Waals surface area contributed by atoms with Crippen molar-refractivity contribution in [2.24, 2.45) is 0 Å². The molecule has 1 aliphatic heterocycles. The number of carboxylic acids is 1. The summed E-state index contributed by atoms with van der Waals surface area (Å²) in [6.07, 6.45) is 0.844. The SMILES string of the molecule is CC(C)N1CCc2c(sc(Br)c2C(=O)O)C1. The third kappa shape index (κ3) is 2.04. The van der Waals surface area contributed by atoms with Gasteiger partial charge in [0.15, 0.2) is 0 Å². The van der Waals surface area contributed by atoms with Crippen molar-refractivity contribution >= 4 is 33.2 Å². The summed E-state index contributed by atoms with van der Waals surface area (Å²) >= 11 is 4.91. The summed E-state index contributed by atoms with van der Waals surface area (Å²) in [5.41, 5.74) is 1.50. The van der Waals surface area contributed by atoms with Crippen molar-refractivity contribution < 1.29 is 9.90 Å². The molecule has 0 aromatic carbocycles. The van der Waals surface area contributed by atoms with E-state index in [1.165, 1.54) is 4.88 Å². The van der Waals surface area contributed by atoms with Crippen LogP contribution < -0.4 is 0 Å². The maximum absolute atomic E-state index is 11.1. The molecule has 1 N–H and O–H groups in total. The molecule has 0 saturated carbocycles. The number of hydrogen-bond donors (Lipinski definition) is 1. The Morgan fingerprint density at radius 1 is 1.56 bits per heavy atom. The lowest BCUT2D eigenvalue weighted by Gasteiger charge is -2.30. The van der Waals surface area contributed by atoms with E-state index < -0.39 is 5.97 Å². The smallest absolute Gasteiger partial charge is 0.338 e. The Hall–Kier alpha value is -0.390. The average molecular weight is 304 g/mol. The number of thiophene rings is 1. The van der Waals surface area contributed by atoms with Gasteiger partial charge >= 0.3 is 5.97 Å². The highest BCUT2D eigenvalue weighted by Crippen LogP contribution is 2.37. The lowest BCUT2D eigenvalue weighted by Crippen LogP contribution is -2.35. The summed E-state index contributed by atoms with van der Waals surface area (Å²) in [7, 11) is 0. The minimum Gasteiger partial charge on any atom is -0.478 e. The number of rotatable bonds is 2. The van der Waals surface area contributed by atoms with Crippen LogP contribution in [0.5, 0.6) is 0 Å². The molecule has 0 bridgehead atoms. The topological polar surface area (TPSA) is 40.5 Å². The number of nitrogens with zero attached hydrogens (tertiary/aromatic N) is 1. The molecule has 1 aromatic heterocycles. The van der Waals surface area contributed by atoms with Crippen LogP contribution in [0.2, 0.25) is 0 Å². The van der Waals surface area contributed by atoms with Crippen molar-refractivity contribution in [3.05, 3.63) is 19.8 Å². The second-order valence-corrected chi connectivity index (χ2v) is 6.69. The average Bonchev–Trinajstić information content (AvgIpc) is 2.51. The van der Waals surface area contributed by atoms with E-state index in [0.717, 1.165) is 28.9 Å². The largest absolute Gasteiger partial charge is 0.478 e. The van der Waals surface area contributed by atoms with E-state index in [0.29, 0.717) is 11.6 Å². The summed E-state index contributed by atoms with van der Waals surface area (Å²) in [4.78, 5) is 14.7. The Morgan fingerprint density at radius 3 is 2.81 bits per heavy atom. The summed E-state index contributed by atoms with van der Waals surface area (Å²) in [6, 6.07) is 0.516. The molecule has 1 aliphatic rings. The highest BCUT2D eigenvalue weighted by atomic mass is 79.9. The zero-order valence-electron chi connectivity index (χ0n) is 9.29. The van der Waals surface area contributed by atoms with Crippen molar-refractivity contribution in [1.82, 2.24) is 4.90 Å². The van der Waals surface area contributed by atoms with Crippen LogP contribution >= 0.6 is 27.3 Å². The van der Waals surface area contributed by atoms with Crippen molar-refractivity contribution in [3.8, 4) is 0 Å². The zero-order chi connectivity index (χ0) is 11.9. The molecule has 0 unspecified atom stereocenters. The third-order valence-electron chi connectivity index (χ3n) is 2.99. The lowest BCUT2D eigenvalue weighted by atomic mass is 10.0. The highest BCUT2D eigenvalue weighted by molar-refractivity contribution is 9.11. The first-order chi connectivity index (χ1) is 7.50. The van der Waals surface area contributed by atoms with Gasteiger partial charge in [0.25, 0.3) is 0 Å². The molecule has 5 heteroatoms. The molecule has 0 aliphatic carbocycles. The first-order valence-corrected chi connectivity index (χ1v) is 6.89. The maximum atomic E-state index is 11.1. The number of aromatic carboxylic acids is 1. The molecule has 0 amide bonds. The molecular weight excluding hydrogens is 290 g/mol. The predicted molar refractivity (Wildman–Crippen MR) is 68.2 cm³/mol. The first kappa shape index (κ1) is 12.1. The van der Waals surface area contributed by atoms with E-state index >= 15 is 0 Å². The van der Waals surface area contributed by atoms with Gasteiger partial charge in [-0.05, 0) is 41.8 Å². The van der Waals surface area contributed by atoms with Crippen molar-refractivity contribution in [2.75, 3.05) is 6.54 Å². The second kappa shape index (κ2) is 4.47. The fraction of sp³-hybridized carbons (Fsp3) is 0.545. The summed E-state index contributed by atoms with van der Waals surface area (Å²) in [6.45, 7) is 6.18. The number of carbonyl (C=O) groups is 1. The van der Waals surface area contributed by atoms with Gasteiger partial charge in [0.1, 0.15) is 0 Å². The summed E-state index contributed by atoms with van der Waals surface area (Å²) in [5.74, 6) is -0.817. The van der Waals surface area contributed by atoms with Gasteiger partial charge in [-0.25, -0.2) is 4.79 Å². The molecule has 2 heterocycles. The van der Waals surface area contributed by atoms with Crippen molar-refractivity contribution in [1.29, 1.82) is 0 Å². The number of hydrogen-bond acceptors (Lipinski definition) is 3. The van der Waals surface area contributed by atoms with Crippen LogP contribution in [-0.4, -0.2) is 28.6 Å². The lowest BCUT2D eigenvalue weighted by molar-refractivity contribution is 0.0694. The Balaban J connectivity index is 2.35. The molecule has 0 radical (unpaired) electrons. The number of carboxylic acid groups (broad SMARTS) is 1. The van der Waals surface area contributed by atoms with Crippen molar-refractivity contribution in [2.45, 2.75) is 32.9 Å². The fourth-order valence-corrected chi connectivity index (χ4v) is 4.13. The van der Waals surface area contributed by atoms with Crippen LogP contribution in [0.15, 0.2) is 3.79 Å². The van der Waals surface area contributed by atoms with E-state index in [-0.39, 0.29) is 0 Å². The van der Waals surface area contributed by atoms with Gasteiger partial charge in [-0.2, -0.15) is 0 Å². The monoisotopic (exact) mass is 303 g/mol. The minimum absolute atomic E-state index is 0.475. The second-order valence-electron chi connectivity index (χ2n) is 4.27. The molecule has 0 spiro atoms. The predicted octanol–water partition coefficient (Wildman–Crippen LogP) is 2.98. The first-order valence-electron chi connectivity index (χ1n) is 5.28. The molecule has 3 nitrogen and oxygen atoms in total. The quantitative estimate of drug-likeness (QED) is 0.913. The fourth-order valence-electron chi connectivity index (χ4n) is 2.04. The third-order valence-corrected chi connectivity index (χ3v) is 4.87. The van der Waals surface area contributed by atoms with Crippen LogP contribution in [0.4, 0.5) is 0 Å². The highest BCUT2D eigenvalue weighted by Gasteiger charge is 2.27. The van der Waals surface area contributed by atoms with E-state index in [2.05, 4.69) is 34.7 Å². The van der Waals surface area contributed by atoms with Crippen LogP contribution in [0, 0.1) is 0 Å². The Morgan fingerprint density at radius 2 is 2.25 bits per heavy atom. The molecule has 2 rings (SSSR count). The minimum atomic E-state index is -0.817. The Labute approximate surface area is 107 Å². The van der Waals surface area contributed by atoms with Gasteiger partial charge in [-0.15, -0.1) is 11.3 Å². The van der Waals surface area contributed by atoms with E-state index in [4.69, 9.17) is 5.11 Å². The molecule has 16 heavy (non-hydrogen) atoms.